The Morgan fingerprint density at radius 1 is 1.40 bits per heavy atom. The Bertz CT molecular complexity index is 639. The zero-order valence-electron chi connectivity index (χ0n) is 10.8. The van der Waals surface area contributed by atoms with Crippen LogP contribution in [0.3, 0.4) is 0 Å². The summed E-state index contributed by atoms with van der Waals surface area (Å²) in [6.45, 7) is 0. The van der Waals surface area contributed by atoms with Gasteiger partial charge in [0.05, 0.1) is 23.7 Å². The average molecular weight is 291 g/mol. The van der Waals surface area contributed by atoms with Crippen LogP contribution in [0.5, 0.6) is 5.75 Å². The Morgan fingerprint density at radius 2 is 2.15 bits per heavy atom. The van der Waals surface area contributed by atoms with E-state index in [2.05, 4.69) is 5.10 Å². The summed E-state index contributed by atoms with van der Waals surface area (Å²) >= 11 is 1.20. The molecule has 2 aromatic rings. The standard InChI is InChI=1S/C13H13N3O3S/c1-16-7-9(6-15-16)19-13(18)10-4-2-3-5-11(10)20-8-12(14)17/h2-7H,8H2,1H3,(H2,14,17). The topological polar surface area (TPSA) is 87.2 Å². The highest BCUT2D eigenvalue weighted by Gasteiger charge is 2.15. The number of carbonyl (C=O) groups is 2. The molecule has 1 aromatic heterocycles. The molecule has 104 valence electrons. The van der Waals surface area contributed by atoms with Gasteiger partial charge in [-0.05, 0) is 12.1 Å². The molecule has 1 heterocycles. The molecule has 1 amide bonds. The van der Waals surface area contributed by atoms with E-state index in [-0.39, 0.29) is 5.75 Å². The van der Waals surface area contributed by atoms with Gasteiger partial charge in [0.25, 0.3) is 0 Å². The van der Waals surface area contributed by atoms with Crippen molar-refractivity contribution < 1.29 is 14.3 Å². The van der Waals surface area contributed by atoms with Crippen molar-refractivity contribution in [2.75, 3.05) is 5.75 Å². The fourth-order valence-corrected chi connectivity index (χ4v) is 2.30. The lowest BCUT2D eigenvalue weighted by Crippen LogP contribution is -2.14. The van der Waals surface area contributed by atoms with Crippen LogP contribution in [-0.4, -0.2) is 27.4 Å². The third kappa shape index (κ3) is 3.61. The summed E-state index contributed by atoms with van der Waals surface area (Å²) in [7, 11) is 1.73. The molecule has 2 rings (SSSR count). The molecule has 0 atom stereocenters. The summed E-state index contributed by atoms with van der Waals surface area (Å²) < 4.78 is 6.76. The molecule has 0 saturated carbocycles. The first-order valence-electron chi connectivity index (χ1n) is 5.77. The van der Waals surface area contributed by atoms with Gasteiger partial charge >= 0.3 is 5.97 Å². The summed E-state index contributed by atoms with van der Waals surface area (Å²) in [5.74, 6) is -0.458. The molecular weight excluding hydrogens is 278 g/mol. The van der Waals surface area contributed by atoms with Crippen molar-refractivity contribution in [3.8, 4) is 5.75 Å². The minimum absolute atomic E-state index is 0.108. The zero-order valence-corrected chi connectivity index (χ0v) is 11.6. The van der Waals surface area contributed by atoms with Gasteiger partial charge in [0, 0.05) is 11.9 Å². The predicted octanol–water partition coefficient (Wildman–Crippen LogP) is 1.22. The number of nitrogens with zero attached hydrogens (tertiary/aromatic N) is 2. The molecule has 20 heavy (non-hydrogen) atoms. The maximum Gasteiger partial charge on any atom is 0.344 e. The molecule has 0 saturated heterocycles. The number of esters is 1. The highest BCUT2D eigenvalue weighted by atomic mass is 32.2. The lowest BCUT2D eigenvalue weighted by atomic mass is 10.2. The number of thioether (sulfide) groups is 1. The monoisotopic (exact) mass is 291 g/mol. The molecule has 0 bridgehead atoms. The van der Waals surface area contributed by atoms with Crippen LogP contribution < -0.4 is 10.5 Å². The molecule has 2 N–H and O–H groups in total. The SMILES string of the molecule is Cn1cc(OC(=O)c2ccccc2SCC(N)=O)cn1. The number of benzene rings is 1. The van der Waals surface area contributed by atoms with Crippen LogP contribution in [0.2, 0.25) is 0 Å². The first-order valence-corrected chi connectivity index (χ1v) is 6.76. The lowest BCUT2D eigenvalue weighted by molar-refractivity contribution is -0.115. The number of ether oxygens (including phenoxy) is 1. The number of rotatable bonds is 5. The molecule has 0 fully saturated rings. The predicted molar refractivity (Wildman–Crippen MR) is 74.5 cm³/mol. The van der Waals surface area contributed by atoms with Crippen LogP contribution in [-0.2, 0) is 11.8 Å². The Balaban J connectivity index is 2.14. The van der Waals surface area contributed by atoms with Crippen molar-refractivity contribution >= 4 is 23.6 Å². The minimum Gasteiger partial charge on any atom is -0.420 e. The van der Waals surface area contributed by atoms with E-state index in [1.807, 2.05) is 0 Å². The van der Waals surface area contributed by atoms with Gasteiger partial charge in [0.15, 0.2) is 5.75 Å². The summed E-state index contributed by atoms with van der Waals surface area (Å²) in [5, 5.41) is 3.92. The highest BCUT2D eigenvalue weighted by Crippen LogP contribution is 2.23. The summed E-state index contributed by atoms with van der Waals surface area (Å²) in [6, 6.07) is 6.90. The third-order valence-electron chi connectivity index (χ3n) is 2.37. The summed E-state index contributed by atoms with van der Waals surface area (Å²) in [6.07, 6.45) is 3.05. The smallest absolute Gasteiger partial charge is 0.344 e. The molecule has 0 unspecified atom stereocenters. The van der Waals surface area contributed by atoms with Crippen molar-refractivity contribution in [3.63, 3.8) is 0 Å². The van der Waals surface area contributed by atoms with Gasteiger partial charge in [-0.2, -0.15) is 5.10 Å². The van der Waals surface area contributed by atoms with Crippen LogP contribution >= 0.6 is 11.8 Å². The Kier molecular flexibility index (Phi) is 4.41. The number of nitrogens with two attached hydrogens (primary N) is 1. The van der Waals surface area contributed by atoms with Gasteiger partial charge in [-0.3, -0.25) is 9.48 Å². The van der Waals surface area contributed by atoms with Crippen LogP contribution in [0.15, 0.2) is 41.6 Å². The van der Waals surface area contributed by atoms with Gasteiger partial charge in [-0.15, -0.1) is 11.8 Å². The van der Waals surface area contributed by atoms with Crippen LogP contribution in [0.1, 0.15) is 10.4 Å². The van der Waals surface area contributed by atoms with E-state index < -0.39 is 11.9 Å². The van der Waals surface area contributed by atoms with E-state index in [9.17, 15) is 9.59 Å². The molecule has 0 spiro atoms. The van der Waals surface area contributed by atoms with Crippen molar-refractivity contribution in [2.45, 2.75) is 4.90 Å². The van der Waals surface area contributed by atoms with E-state index in [4.69, 9.17) is 10.5 Å². The number of hydrogen-bond acceptors (Lipinski definition) is 5. The minimum atomic E-state index is -0.495. The normalized spacial score (nSPS) is 10.2. The number of hydrogen-bond donors (Lipinski definition) is 1. The van der Waals surface area contributed by atoms with E-state index in [1.165, 1.54) is 22.6 Å². The molecule has 6 nitrogen and oxygen atoms in total. The van der Waals surface area contributed by atoms with E-state index in [0.717, 1.165) is 0 Å². The van der Waals surface area contributed by atoms with Crippen molar-refractivity contribution in [3.05, 3.63) is 42.2 Å². The van der Waals surface area contributed by atoms with Crippen LogP contribution in [0.4, 0.5) is 0 Å². The van der Waals surface area contributed by atoms with Gasteiger partial charge in [-0.25, -0.2) is 4.79 Å². The fourth-order valence-electron chi connectivity index (χ4n) is 1.52. The van der Waals surface area contributed by atoms with Gasteiger partial charge < -0.3 is 10.5 Å². The molecular formula is C13H13N3O3S. The number of carbonyl (C=O) groups excluding carboxylic acids is 2. The lowest BCUT2D eigenvalue weighted by Gasteiger charge is -2.07. The van der Waals surface area contributed by atoms with Crippen molar-refractivity contribution in [2.24, 2.45) is 12.8 Å². The average Bonchev–Trinajstić information content (AvgIpc) is 2.82. The molecule has 7 heteroatoms. The third-order valence-corrected chi connectivity index (χ3v) is 3.46. The quantitative estimate of drug-likeness (QED) is 0.661. The van der Waals surface area contributed by atoms with Crippen LogP contribution in [0.25, 0.3) is 0 Å². The fraction of sp³-hybridized carbons (Fsp3) is 0.154. The second kappa shape index (κ2) is 6.25. The zero-order chi connectivity index (χ0) is 14.5. The highest BCUT2D eigenvalue weighted by molar-refractivity contribution is 8.00. The molecule has 0 aliphatic carbocycles. The van der Waals surface area contributed by atoms with Crippen molar-refractivity contribution in [1.82, 2.24) is 9.78 Å². The van der Waals surface area contributed by atoms with Crippen LogP contribution in [0, 0.1) is 0 Å². The molecule has 0 aliphatic rings. The first-order chi connectivity index (χ1) is 9.56. The van der Waals surface area contributed by atoms with E-state index >= 15 is 0 Å². The number of primary amides is 1. The Morgan fingerprint density at radius 3 is 2.80 bits per heavy atom. The molecule has 1 aromatic carbocycles. The van der Waals surface area contributed by atoms with Gasteiger partial charge in [-0.1, -0.05) is 12.1 Å². The molecule has 0 radical (unpaired) electrons. The number of aryl methyl sites for hydroxylation is 1. The van der Waals surface area contributed by atoms with E-state index in [1.54, 1.807) is 37.5 Å². The van der Waals surface area contributed by atoms with Gasteiger partial charge in [0.2, 0.25) is 5.91 Å². The number of aromatic nitrogens is 2. The second-order valence-corrected chi connectivity index (χ2v) is 5.01. The summed E-state index contributed by atoms with van der Waals surface area (Å²) in [4.78, 5) is 23.6. The number of amides is 1. The van der Waals surface area contributed by atoms with Gasteiger partial charge in [0.1, 0.15) is 0 Å². The van der Waals surface area contributed by atoms with E-state index in [0.29, 0.717) is 16.2 Å². The maximum absolute atomic E-state index is 12.1. The largest absolute Gasteiger partial charge is 0.420 e. The Labute approximate surface area is 119 Å². The maximum atomic E-state index is 12.1. The Hall–Kier alpha value is -2.28. The second-order valence-electron chi connectivity index (χ2n) is 3.99. The summed E-state index contributed by atoms with van der Waals surface area (Å²) in [5.41, 5.74) is 5.50. The molecule has 0 aliphatic heterocycles. The first kappa shape index (κ1) is 14.1. The van der Waals surface area contributed by atoms with Crippen molar-refractivity contribution in [1.29, 1.82) is 0 Å².